The highest BCUT2D eigenvalue weighted by Gasteiger charge is 2.05. The average Bonchev–Trinajstić information content (AvgIpc) is 2.17. The summed E-state index contributed by atoms with van der Waals surface area (Å²) in [6, 6.07) is 9.21. The highest BCUT2D eigenvalue weighted by Crippen LogP contribution is 2.12. The number of nitrogens with one attached hydrogen (secondary N) is 1. The SMILES string of the molecule is CC(=O)N[C@H](C)c1ccc(C#N)cc1. The normalized spacial score (nSPS) is 11.5. The minimum Gasteiger partial charge on any atom is -0.350 e. The van der Waals surface area contributed by atoms with Crippen LogP contribution in [-0.4, -0.2) is 5.91 Å². The van der Waals surface area contributed by atoms with E-state index in [-0.39, 0.29) is 11.9 Å². The van der Waals surface area contributed by atoms with Crippen LogP contribution >= 0.6 is 0 Å². The number of benzene rings is 1. The molecule has 14 heavy (non-hydrogen) atoms. The largest absolute Gasteiger partial charge is 0.350 e. The Kier molecular flexibility index (Phi) is 3.24. The Hall–Kier alpha value is -1.82. The Morgan fingerprint density at radius 1 is 1.43 bits per heavy atom. The van der Waals surface area contributed by atoms with E-state index in [9.17, 15) is 4.79 Å². The van der Waals surface area contributed by atoms with Crippen molar-refractivity contribution < 1.29 is 4.79 Å². The number of hydrogen-bond donors (Lipinski definition) is 1. The molecule has 0 bridgehead atoms. The molecule has 72 valence electrons. The van der Waals surface area contributed by atoms with Gasteiger partial charge >= 0.3 is 0 Å². The Morgan fingerprint density at radius 2 is 2.00 bits per heavy atom. The number of carbonyl (C=O) groups is 1. The summed E-state index contributed by atoms with van der Waals surface area (Å²) in [6.07, 6.45) is 0. The summed E-state index contributed by atoms with van der Waals surface area (Å²) in [6.45, 7) is 3.39. The Morgan fingerprint density at radius 3 is 2.43 bits per heavy atom. The molecule has 1 rings (SSSR count). The van der Waals surface area contributed by atoms with Crippen molar-refractivity contribution in [2.75, 3.05) is 0 Å². The van der Waals surface area contributed by atoms with Crippen molar-refractivity contribution in [1.82, 2.24) is 5.32 Å². The number of nitrogens with zero attached hydrogens (tertiary/aromatic N) is 1. The zero-order valence-corrected chi connectivity index (χ0v) is 8.24. The summed E-state index contributed by atoms with van der Waals surface area (Å²) in [4.78, 5) is 10.8. The van der Waals surface area contributed by atoms with E-state index in [1.54, 1.807) is 12.1 Å². The summed E-state index contributed by atoms with van der Waals surface area (Å²) in [5.74, 6) is -0.0538. The van der Waals surface area contributed by atoms with Crippen LogP contribution in [-0.2, 0) is 4.79 Å². The lowest BCUT2D eigenvalue weighted by molar-refractivity contribution is -0.119. The lowest BCUT2D eigenvalue weighted by Gasteiger charge is -2.12. The summed E-state index contributed by atoms with van der Waals surface area (Å²) < 4.78 is 0. The number of hydrogen-bond acceptors (Lipinski definition) is 2. The molecule has 0 saturated carbocycles. The van der Waals surface area contributed by atoms with E-state index in [0.29, 0.717) is 5.56 Å². The lowest BCUT2D eigenvalue weighted by Crippen LogP contribution is -2.23. The van der Waals surface area contributed by atoms with Crippen molar-refractivity contribution in [2.45, 2.75) is 19.9 Å². The molecule has 1 aromatic rings. The van der Waals surface area contributed by atoms with E-state index in [1.807, 2.05) is 25.1 Å². The van der Waals surface area contributed by atoms with Crippen LogP contribution in [0, 0.1) is 11.3 Å². The number of nitriles is 1. The maximum atomic E-state index is 10.8. The van der Waals surface area contributed by atoms with Gasteiger partial charge in [-0.25, -0.2) is 0 Å². The van der Waals surface area contributed by atoms with Gasteiger partial charge in [0.15, 0.2) is 0 Å². The molecule has 0 heterocycles. The molecule has 0 aliphatic rings. The number of amides is 1. The predicted octanol–water partition coefficient (Wildman–Crippen LogP) is 1.76. The van der Waals surface area contributed by atoms with Crippen LogP contribution in [0.25, 0.3) is 0 Å². The molecule has 0 spiro atoms. The summed E-state index contributed by atoms with van der Waals surface area (Å²) in [5, 5.41) is 11.4. The van der Waals surface area contributed by atoms with Crippen LogP contribution in [0.2, 0.25) is 0 Å². The molecule has 0 aromatic heterocycles. The maximum absolute atomic E-state index is 10.8. The molecule has 3 heteroatoms. The fraction of sp³-hybridized carbons (Fsp3) is 0.273. The predicted molar refractivity (Wildman–Crippen MR) is 53.4 cm³/mol. The molecule has 0 radical (unpaired) electrons. The third-order valence-electron chi connectivity index (χ3n) is 1.96. The first-order chi connectivity index (χ1) is 6.63. The van der Waals surface area contributed by atoms with Gasteiger partial charge in [-0.15, -0.1) is 0 Å². The highest BCUT2D eigenvalue weighted by molar-refractivity contribution is 5.73. The molecule has 0 unspecified atom stereocenters. The second kappa shape index (κ2) is 4.43. The zero-order valence-electron chi connectivity index (χ0n) is 8.24. The van der Waals surface area contributed by atoms with Gasteiger partial charge in [-0.1, -0.05) is 12.1 Å². The van der Waals surface area contributed by atoms with Gasteiger partial charge in [-0.05, 0) is 24.6 Å². The molecule has 0 aliphatic heterocycles. The Bertz CT molecular complexity index is 362. The summed E-state index contributed by atoms with van der Waals surface area (Å²) in [5.41, 5.74) is 1.63. The van der Waals surface area contributed by atoms with Crippen molar-refractivity contribution in [3.8, 4) is 6.07 Å². The maximum Gasteiger partial charge on any atom is 0.217 e. The van der Waals surface area contributed by atoms with Crippen LogP contribution in [0.4, 0.5) is 0 Å². The van der Waals surface area contributed by atoms with Gasteiger partial charge in [0.25, 0.3) is 0 Å². The first-order valence-electron chi connectivity index (χ1n) is 4.40. The van der Waals surface area contributed by atoms with E-state index in [4.69, 9.17) is 5.26 Å². The van der Waals surface area contributed by atoms with Gasteiger partial charge in [0.1, 0.15) is 0 Å². The van der Waals surface area contributed by atoms with Crippen molar-refractivity contribution in [3.05, 3.63) is 35.4 Å². The van der Waals surface area contributed by atoms with Crippen LogP contribution in [0.3, 0.4) is 0 Å². The third-order valence-corrected chi connectivity index (χ3v) is 1.96. The van der Waals surface area contributed by atoms with Crippen LogP contribution < -0.4 is 5.32 Å². The molecule has 0 aliphatic carbocycles. The topological polar surface area (TPSA) is 52.9 Å². The molecule has 1 amide bonds. The molecular weight excluding hydrogens is 176 g/mol. The second-order valence-electron chi connectivity index (χ2n) is 3.16. The van der Waals surface area contributed by atoms with E-state index in [0.717, 1.165) is 5.56 Å². The first-order valence-corrected chi connectivity index (χ1v) is 4.40. The molecule has 1 atom stereocenters. The van der Waals surface area contributed by atoms with Crippen molar-refractivity contribution >= 4 is 5.91 Å². The Labute approximate surface area is 83.4 Å². The van der Waals surface area contributed by atoms with Crippen molar-refractivity contribution in [3.63, 3.8) is 0 Å². The van der Waals surface area contributed by atoms with E-state index < -0.39 is 0 Å². The van der Waals surface area contributed by atoms with Crippen LogP contribution in [0.15, 0.2) is 24.3 Å². The van der Waals surface area contributed by atoms with E-state index in [2.05, 4.69) is 5.32 Å². The zero-order chi connectivity index (χ0) is 10.6. The molecular formula is C11H12N2O. The minimum absolute atomic E-state index is 0.0137. The van der Waals surface area contributed by atoms with Crippen LogP contribution in [0.5, 0.6) is 0 Å². The fourth-order valence-electron chi connectivity index (χ4n) is 1.23. The number of rotatable bonds is 2. The fourth-order valence-corrected chi connectivity index (χ4v) is 1.23. The minimum atomic E-state index is -0.0538. The standard InChI is InChI=1S/C11H12N2O/c1-8(13-9(2)14)11-5-3-10(7-12)4-6-11/h3-6,8H,1-2H3,(H,13,14)/t8-/m1/s1. The lowest BCUT2D eigenvalue weighted by atomic mass is 10.1. The highest BCUT2D eigenvalue weighted by atomic mass is 16.1. The van der Waals surface area contributed by atoms with Gasteiger partial charge in [0, 0.05) is 6.92 Å². The third kappa shape index (κ3) is 2.60. The first kappa shape index (κ1) is 10.3. The van der Waals surface area contributed by atoms with Gasteiger partial charge in [0.2, 0.25) is 5.91 Å². The molecule has 1 aromatic carbocycles. The van der Waals surface area contributed by atoms with Gasteiger partial charge in [-0.2, -0.15) is 5.26 Å². The monoisotopic (exact) mass is 188 g/mol. The molecule has 1 N–H and O–H groups in total. The molecule has 0 saturated heterocycles. The van der Waals surface area contributed by atoms with E-state index >= 15 is 0 Å². The quantitative estimate of drug-likeness (QED) is 0.768. The van der Waals surface area contributed by atoms with Gasteiger partial charge in [-0.3, -0.25) is 4.79 Å². The Balaban J connectivity index is 2.77. The summed E-state index contributed by atoms with van der Waals surface area (Å²) in [7, 11) is 0. The van der Waals surface area contributed by atoms with Crippen LogP contribution in [0.1, 0.15) is 31.0 Å². The second-order valence-corrected chi connectivity index (χ2v) is 3.16. The van der Waals surface area contributed by atoms with Gasteiger partial charge < -0.3 is 5.32 Å². The summed E-state index contributed by atoms with van der Waals surface area (Å²) >= 11 is 0. The van der Waals surface area contributed by atoms with Crippen molar-refractivity contribution in [1.29, 1.82) is 5.26 Å². The molecule has 3 nitrogen and oxygen atoms in total. The average molecular weight is 188 g/mol. The van der Waals surface area contributed by atoms with Gasteiger partial charge in [0.05, 0.1) is 17.7 Å². The van der Waals surface area contributed by atoms with Crippen molar-refractivity contribution in [2.24, 2.45) is 0 Å². The number of carbonyl (C=O) groups excluding carboxylic acids is 1. The van der Waals surface area contributed by atoms with E-state index in [1.165, 1.54) is 6.92 Å². The molecule has 0 fully saturated rings. The smallest absolute Gasteiger partial charge is 0.217 e.